The van der Waals surface area contributed by atoms with Crippen molar-refractivity contribution in [1.82, 2.24) is 10.2 Å². The van der Waals surface area contributed by atoms with Crippen LogP contribution in [0.5, 0.6) is 11.5 Å². The van der Waals surface area contributed by atoms with Gasteiger partial charge in [0.15, 0.2) is 11.5 Å². The highest BCUT2D eigenvalue weighted by molar-refractivity contribution is 14.1. The summed E-state index contributed by atoms with van der Waals surface area (Å²) in [7, 11) is 1.39. The number of hydrogen-bond acceptors (Lipinski definition) is 7. The lowest BCUT2D eigenvalue weighted by Crippen LogP contribution is -2.54. The van der Waals surface area contributed by atoms with Gasteiger partial charge in [0.05, 0.1) is 45.5 Å². The second-order valence-corrected chi connectivity index (χ2v) is 12.5. The number of aliphatic hydroxyl groups excluding tert-OH is 3. The van der Waals surface area contributed by atoms with Gasteiger partial charge in [0, 0.05) is 30.6 Å². The van der Waals surface area contributed by atoms with Crippen LogP contribution in [0.3, 0.4) is 0 Å². The molecule has 1 aliphatic carbocycles. The van der Waals surface area contributed by atoms with Gasteiger partial charge in [-0.2, -0.15) is 13.2 Å². The molecule has 3 unspecified atom stereocenters. The van der Waals surface area contributed by atoms with Crippen LogP contribution in [0.15, 0.2) is 66.2 Å². The van der Waals surface area contributed by atoms with E-state index in [-0.39, 0.29) is 65.4 Å². The highest BCUT2D eigenvalue weighted by Crippen LogP contribution is 2.38. The Morgan fingerprint density at radius 3 is 2.34 bits per heavy atom. The second-order valence-electron chi connectivity index (χ2n) is 10.5. The van der Waals surface area contributed by atoms with Crippen molar-refractivity contribution >= 4 is 57.6 Å². The topological polar surface area (TPSA) is 129 Å². The van der Waals surface area contributed by atoms with Crippen molar-refractivity contribution in [2.24, 2.45) is 0 Å². The van der Waals surface area contributed by atoms with Crippen molar-refractivity contribution in [1.29, 1.82) is 0 Å². The number of hydrogen-bond donors (Lipinski definition) is 4. The van der Waals surface area contributed by atoms with Gasteiger partial charge in [-0.1, -0.05) is 29.3 Å². The summed E-state index contributed by atoms with van der Waals surface area (Å²) in [6.07, 6.45) is -6.10. The molecule has 4 rings (SSSR count). The van der Waals surface area contributed by atoms with Gasteiger partial charge in [-0.15, -0.1) is 0 Å². The molecule has 9 nitrogen and oxygen atoms in total. The van der Waals surface area contributed by atoms with Gasteiger partial charge < -0.3 is 35.0 Å². The zero-order chi connectivity index (χ0) is 34.5. The molecule has 1 aliphatic rings. The summed E-state index contributed by atoms with van der Waals surface area (Å²) in [4.78, 5) is 28.5. The predicted molar refractivity (Wildman–Crippen MR) is 176 cm³/mol. The van der Waals surface area contributed by atoms with Crippen molar-refractivity contribution in [3.8, 4) is 11.5 Å². The average molecular weight is 809 g/mol. The van der Waals surface area contributed by atoms with Crippen LogP contribution in [0.25, 0.3) is 0 Å². The molecule has 0 aromatic heterocycles. The zero-order valence-electron chi connectivity index (χ0n) is 24.7. The van der Waals surface area contributed by atoms with E-state index in [9.17, 15) is 38.1 Å². The van der Waals surface area contributed by atoms with Crippen LogP contribution < -0.4 is 14.8 Å². The van der Waals surface area contributed by atoms with Gasteiger partial charge in [0.1, 0.15) is 12.2 Å². The highest BCUT2D eigenvalue weighted by Gasteiger charge is 2.41. The lowest BCUT2D eigenvalue weighted by molar-refractivity contribution is -0.137. The maximum atomic E-state index is 14.1. The van der Waals surface area contributed by atoms with Crippen LogP contribution in [-0.2, 0) is 24.1 Å². The maximum absolute atomic E-state index is 14.1. The van der Waals surface area contributed by atoms with Crippen LogP contribution >= 0.6 is 45.8 Å². The maximum Gasteiger partial charge on any atom is 0.416 e. The van der Waals surface area contributed by atoms with E-state index in [1.165, 1.54) is 30.2 Å². The molecule has 47 heavy (non-hydrogen) atoms. The normalized spacial score (nSPS) is 17.9. The Bertz CT molecular complexity index is 1640. The third kappa shape index (κ3) is 8.89. The number of aliphatic hydroxyl groups is 3. The summed E-state index contributed by atoms with van der Waals surface area (Å²) in [6.45, 7) is -0.859. The highest BCUT2D eigenvalue weighted by atomic mass is 127. The first-order valence-corrected chi connectivity index (χ1v) is 15.9. The first-order chi connectivity index (χ1) is 22.3. The molecule has 252 valence electrons. The SMILES string of the molecule is COc1cc(CO)cc(I)c1OC1C=C(C(=O)NCCO)CC(N(Cc2ccc(Cl)c(Cl)c2)C(=O)c2ccc(C(F)(F)F)cc2)C1O. The average Bonchev–Trinajstić information content (AvgIpc) is 3.05. The summed E-state index contributed by atoms with van der Waals surface area (Å²) in [6, 6.07) is 10.3. The molecule has 2 amide bonds. The molecule has 0 heterocycles. The van der Waals surface area contributed by atoms with E-state index >= 15 is 0 Å². The van der Waals surface area contributed by atoms with Gasteiger partial charge in [-0.3, -0.25) is 9.59 Å². The monoisotopic (exact) mass is 808 g/mol. The number of alkyl halides is 3. The number of carbonyl (C=O) groups excluding carboxylic acids is 2. The van der Waals surface area contributed by atoms with E-state index in [2.05, 4.69) is 5.32 Å². The number of halogens is 6. The van der Waals surface area contributed by atoms with Crippen LogP contribution in [0.2, 0.25) is 10.0 Å². The van der Waals surface area contributed by atoms with Crippen LogP contribution in [0.1, 0.15) is 33.5 Å². The molecular formula is C32H30Cl2F3IN2O7. The summed E-state index contributed by atoms with van der Waals surface area (Å²) in [5.74, 6) is -0.878. The Kier molecular flexibility index (Phi) is 12.4. The molecule has 15 heteroatoms. The molecule has 0 saturated carbocycles. The minimum absolute atomic E-state index is 0.0687. The van der Waals surface area contributed by atoms with E-state index < -0.39 is 41.8 Å². The van der Waals surface area contributed by atoms with Crippen molar-refractivity contribution in [3.05, 3.63) is 102 Å². The number of carbonyl (C=O) groups is 2. The molecule has 0 aliphatic heterocycles. The van der Waals surface area contributed by atoms with Crippen LogP contribution in [-0.4, -0.2) is 70.5 Å². The van der Waals surface area contributed by atoms with E-state index in [1.807, 2.05) is 22.6 Å². The number of ether oxygens (including phenoxy) is 2. The number of nitrogens with one attached hydrogen (secondary N) is 1. The third-order valence-electron chi connectivity index (χ3n) is 7.40. The molecule has 0 fully saturated rings. The van der Waals surface area contributed by atoms with Crippen molar-refractivity contribution in [2.45, 2.75) is 44.0 Å². The van der Waals surface area contributed by atoms with Gasteiger partial charge >= 0.3 is 6.18 Å². The number of rotatable bonds is 11. The quantitative estimate of drug-likeness (QED) is 0.192. The molecule has 3 aromatic carbocycles. The first-order valence-electron chi connectivity index (χ1n) is 14.1. The summed E-state index contributed by atoms with van der Waals surface area (Å²) in [5, 5.41) is 33.7. The van der Waals surface area contributed by atoms with E-state index in [1.54, 1.807) is 18.2 Å². The Labute approximate surface area is 292 Å². The molecular weight excluding hydrogens is 779 g/mol. The lowest BCUT2D eigenvalue weighted by Gasteiger charge is -2.41. The number of amides is 2. The molecule has 0 saturated heterocycles. The Balaban J connectivity index is 1.80. The molecule has 3 aromatic rings. The minimum atomic E-state index is -4.62. The summed E-state index contributed by atoms with van der Waals surface area (Å²) < 4.78 is 52.1. The van der Waals surface area contributed by atoms with Crippen molar-refractivity contribution < 1.29 is 47.6 Å². The van der Waals surface area contributed by atoms with Crippen molar-refractivity contribution in [3.63, 3.8) is 0 Å². The Morgan fingerprint density at radius 1 is 1.04 bits per heavy atom. The molecule has 3 atom stereocenters. The summed E-state index contributed by atoms with van der Waals surface area (Å²) in [5.41, 5.74) is 0.104. The third-order valence-corrected chi connectivity index (χ3v) is 8.94. The number of nitrogens with zero attached hydrogens (tertiary/aromatic N) is 1. The molecule has 0 bridgehead atoms. The number of benzene rings is 3. The second kappa shape index (κ2) is 15.9. The van der Waals surface area contributed by atoms with Gasteiger partial charge in [-0.25, -0.2) is 0 Å². The van der Waals surface area contributed by atoms with Crippen LogP contribution in [0, 0.1) is 3.57 Å². The van der Waals surface area contributed by atoms with Gasteiger partial charge in [0.25, 0.3) is 5.91 Å². The summed E-state index contributed by atoms with van der Waals surface area (Å²) >= 11 is 14.3. The van der Waals surface area contributed by atoms with E-state index in [4.69, 9.17) is 32.7 Å². The fourth-order valence-electron chi connectivity index (χ4n) is 5.04. The van der Waals surface area contributed by atoms with Gasteiger partial charge in [-0.05, 0) is 88.3 Å². The van der Waals surface area contributed by atoms with Gasteiger partial charge in [0.2, 0.25) is 5.91 Å². The molecule has 0 spiro atoms. The van der Waals surface area contributed by atoms with Crippen LogP contribution in [0.4, 0.5) is 13.2 Å². The Morgan fingerprint density at radius 2 is 1.74 bits per heavy atom. The lowest BCUT2D eigenvalue weighted by atomic mass is 9.87. The largest absolute Gasteiger partial charge is 0.493 e. The predicted octanol–water partition coefficient (Wildman–Crippen LogP) is 5.38. The Hall–Kier alpha value is -3.08. The standard InChI is InChI=1S/C32H30Cl2F3IN2O7/c1-46-27-12-18(16-42)11-24(38)29(27)47-26-14-20(30(44)39-8-9-41)13-25(28(26)43)40(15-17-2-7-22(33)23(34)10-17)31(45)19-3-5-21(6-4-19)32(35,36)37/h2-7,10-12,14,25-26,28,41-43H,8-9,13,15-16H2,1H3,(H,39,44). The van der Waals surface area contributed by atoms with Crippen molar-refractivity contribution in [2.75, 3.05) is 20.3 Å². The first kappa shape index (κ1) is 36.8. The minimum Gasteiger partial charge on any atom is -0.493 e. The smallest absolute Gasteiger partial charge is 0.416 e. The molecule has 4 N–H and O–H groups in total. The van der Waals surface area contributed by atoms with E-state index in [0.717, 1.165) is 24.3 Å². The fourth-order valence-corrected chi connectivity index (χ4v) is 6.15. The fraction of sp³-hybridized carbons (Fsp3) is 0.312. The molecule has 0 radical (unpaired) electrons. The van der Waals surface area contributed by atoms with E-state index in [0.29, 0.717) is 14.7 Å². The zero-order valence-corrected chi connectivity index (χ0v) is 28.4. The number of methoxy groups -OCH3 is 1.